The van der Waals surface area contributed by atoms with Crippen molar-refractivity contribution >= 4 is 11.9 Å². The molecule has 0 fully saturated rings. The van der Waals surface area contributed by atoms with E-state index in [0.29, 0.717) is 22.8 Å². The summed E-state index contributed by atoms with van der Waals surface area (Å²) in [7, 11) is 1.59. The third-order valence-corrected chi connectivity index (χ3v) is 3.95. The first-order valence-corrected chi connectivity index (χ1v) is 7.61. The Hall–Kier alpha value is -2.55. The van der Waals surface area contributed by atoms with Gasteiger partial charge in [0.05, 0.1) is 12.7 Å². The monoisotopic (exact) mass is 308 g/mol. The highest BCUT2D eigenvalue weighted by atomic mass is 16.5. The second kappa shape index (κ2) is 5.58. The van der Waals surface area contributed by atoms with Crippen molar-refractivity contribution in [3.05, 3.63) is 64.9 Å². The Labute approximate surface area is 136 Å². The molecule has 0 saturated heterocycles. The number of ether oxygens (including phenoxy) is 2. The topological polar surface area (TPSA) is 35.5 Å². The van der Waals surface area contributed by atoms with Crippen molar-refractivity contribution in [1.82, 2.24) is 0 Å². The van der Waals surface area contributed by atoms with Gasteiger partial charge in [0.1, 0.15) is 11.5 Å². The van der Waals surface area contributed by atoms with Gasteiger partial charge in [-0.3, -0.25) is 4.79 Å². The SMILES string of the molecule is COc1ccc2c(c1)OC(=Cc1ccc(C(C)(C)C)cc1)C2=O. The van der Waals surface area contributed by atoms with E-state index in [2.05, 4.69) is 32.9 Å². The fourth-order valence-electron chi connectivity index (χ4n) is 2.52. The standard InChI is InChI=1S/C20H20O3/c1-20(2,3)14-7-5-13(6-8-14)11-18-19(21)16-10-9-15(22-4)12-17(16)23-18/h5-12H,1-4H3. The number of hydrogen-bond donors (Lipinski definition) is 0. The van der Waals surface area contributed by atoms with Gasteiger partial charge in [0.25, 0.3) is 0 Å². The van der Waals surface area contributed by atoms with Crippen LogP contribution in [-0.2, 0) is 5.41 Å². The lowest BCUT2D eigenvalue weighted by Gasteiger charge is -2.18. The molecule has 0 radical (unpaired) electrons. The number of Topliss-reactive ketones (excluding diaryl/α,β-unsaturated/α-hetero) is 1. The van der Waals surface area contributed by atoms with Crippen molar-refractivity contribution in [2.24, 2.45) is 0 Å². The van der Waals surface area contributed by atoms with Crippen molar-refractivity contribution in [2.75, 3.05) is 7.11 Å². The van der Waals surface area contributed by atoms with Crippen molar-refractivity contribution in [3.63, 3.8) is 0 Å². The number of rotatable bonds is 2. The van der Waals surface area contributed by atoms with Gasteiger partial charge in [0.15, 0.2) is 5.76 Å². The summed E-state index contributed by atoms with van der Waals surface area (Å²) in [5.74, 6) is 1.47. The lowest BCUT2D eigenvalue weighted by atomic mass is 9.86. The minimum atomic E-state index is -0.0949. The molecule has 0 atom stereocenters. The quantitative estimate of drug-likeness (QED) is 0.760. The number of carbonyl (C=O) groups is 1. The third-order valence-electron chi connectivity index (χ3n) is 3.95. The van der Waals surface area contributed by atoms with Gasteiger partial charge in [0, 0.05) is 6.07 Å². The van der Waals surface area contributed by atoms with Gasteiger partial charge >= 0.3 is 0 Å². The molecule has 0 saturated carbocycles. The largest absolute Gasteiger partial charge is 0.497 e. The Kier molecular flexibility index (Phi) is 3.72. The van der Waals surface area contributed by atoms with Crippen LogP contribution < -0.4 is 9.47 Å². The maximum atomic E-state index is 12.4. The van der Waals surface area contributed by atoms with Gasteiger partial charge in [-0.25, -0.2) is 0 Å². The molecule has 0 amide bonds. The van der Waals surface area contributed by atoms with E-state index in [1.807, 2.05) is 12.1 Å². The normalized spacial score (nSPS) is 15.5. The summed E-state index contributed by atoms with van der Waals surface area (Å²) < 4.78 is 10.9. The molecule has 118 valence electrons. The van der Waals surface area contributed by atoms with Crippen molar-refractivity contribution in [3.8, 4) is 11.5 Å². The van der Waals surface area contributed by atoms with Crippen molar-refractivity contribution in [2.45, 2.75) is 26.2 Å². The second-order valence-electron chi connectivity index (χ2n) is 6.67. The molecule has 3 rings (SSSR count). The Balaban J connectivity index is 1.88. The van der Waals surface area contributed by atoms with Crippen LogP contribution in [0, 0.1) is 0 Å². The number of carbonyl (C=O) groups excluding carboxylic acids is 1. The summed E-state index contributed by atoms with van der Waals surface area (Å²) >= 11 is 0. The minimum Gasteiger partial charge on any atom is -0.497 e. The van der Waals surface area contributed by atoms with Crippen LogP contribution in [0.25, 0.3) is 6.08 Å². The molecule has 0 aliphatic carbocycles. The number of methoxy groups -OCH3 is 1. The molecule has 0 N–H and O–H groups in total. The summed E-state index contributed by atoms with van der Waals surface area (Å²) in [6, 6.07) is 13.4. The number of allylic oxidation sites excluding steroid dienone is 1. The summed E-state index contributed by atoms with van der Waals surface area (Å²) in [4.78, 5) is 12.4. The first kappa shape index (κ1) is 15.3. The zero-order valence-corrected chi connectivity index (χ0v) is 13.8. The van der Waals surface area contributed by atoms with Gasteiger partial charge in [-0.15, -0.1) is 0 Å². The number of fused-ring (bicyclic) bond motifs is 1. The molecule has 2 aromatic rings. The molecule has 1 aliphatic rings. The van der Waals surface area contributed by atoms with Crippen LogP contribution in [-0.4, -0.2) is 12.9 Å². The predicted molar refractivity (Wildman–Crippen MR) is 91.1 cm³/mol. The third kappa shape index (κ3) is 3.00. The van der Waals surface area contributed by atoms with Crippen LogP contribution in [0.5, 0.6) is 11.5 Å². The average molecular weight is 308 g/mol. The molecule has 0 unspecified atom stereocenters. The number of ketones is 1. The van der Waals surface area contributed by atoms with E-state index in [4.69, 9.17) is 9.47 Å². The highest BCUT2D eigenvalue weighted by molar-refractivity contribution is 6.14. The van der Waals surface area contributed by atoms with Gasteiger partial charge in [-0.1, -0.05) is 45.0 Å². The predicted octanol–water partition coefficient (Wildman–Crippen LogP) is 4.61. The van der Waals surface area contributed by atoms with Gasteiger partial charge in [0.2, 0.25) is 5.78 Å². The van der Waals surface area contributed by atoms with Crippen LogP contribution >= 0.6 is 0 Å². The average Bonchev–Trinajstić information content (AvgIpc) is 2.82. The summed E-state index contributed by atoms with van der Waals surface area (Å²) in [6.45, 7) is 6.52. The van der Waals surface area contributed by atoms with E-state index in [0.717, 1.165) is 5.56 Å². The van der Waals surface area contributed by atoms with Crippen LogP contribution in [0.4, 0.5) is 0 Å². The molecule has 23 heavy (non-hydrogen) atoms. The molecular weight excluding hydrogens is 288 g/mol. The zero-order chi connectivity index (χ0) is 16.6. The Morgan fingerprint density at radius 1 is 1.04 bits per heavy atom. The fraction of sp³-hybridized carbons (Fsp3) is 0.250. The minimum absolute atomic E-state index is 0.0949. The van der Waals surface area contributed by atoms with E-state index in [1.54, 1.807) is 31.4 Å². The lowest BCUT2D eigenvalue weighted by Crippen LogP contribution is -2.10. The highest BCUT2D eigenvalue weighted by Gasteiger charge is 2.27. The lowest BCUT2D eigenvalue weighted by molar-refractivity contribution is 0.101. The fourth-order valence-corrected chi connectivity index (χ4v) is 2.52. The van der Waals surface area contributed by atoms with Crippen LogP contribution in [0.2, 0.25) is 0 Å². The van der Waals surface area contributed by atoms with E-state index in [1.165, 1.54) is 5.56 Å². The van der Waals surface area contributed by atoms with Gasteiger partial charge < -0.3 is 9.47 Å². The van der Waals surface area contributed by atoms with Crippen molar-refractivity contribution < 1.29 is 14.3 Å². The first-order chi connectivity index (χ1) is 10.9. The van der Waals surface area contributed by atoms with E-state index in [9.17, 15) is 4.79 Å². The maximum absolute atomic E-state index is 12.4. The van der Waals surface area contributed by atoms with Gasteiger partial charge in [-0.2, -0.15) is 0 Å². The molecule has 0 aromatic heterocycles. The molecule has 2 aromatic carbocycles. The van der Waals surface area contributed by atoms with Gasteiger partial charge in [-0.05, 0) is 34.8 Å². The summed E-state index contributed by atoms with van der Waals surface area (Å²) in [5, 5.41) is 0. The molecular formula is C20H20O3. The smallest absolute Gasteiger partial charge is 0.231 e. The maximum Gasteiger partial charge on any atom is 0.231 e. The van der Waals surface area contributed by atoms with E-state index in [-0.39, 0.29) is 11.2 Å². The second-order valence-corrected chi connectivity index (χ2v) is 6.67. The van der Waals surface area contributed by atoms with Crippen LogP contribution in [0.15, 0.2) is 48.2 Å². The number of benzene rings is 2. The van der Waals surface area contributed by atoms with E-state index >= 15 is 0 Å². The first-order valence-electron chi connectivity index (χ1n) is 7.61. The number of hydrogen-bond acceptors (Lipinski definition) is 3. The zero-order valence-electron chi connectivity index (χ0n) is 13.8. The Morgan fingerprint density at radius 3 is 2.35 bits per heavy atom. The highest BCUT2D eigenvalue weighted by Crippen LogP contribution is 2.34. The molecule has 1 aliphatic heterocycles. The summed E-state index contributed by atoms with van der Waals surface area (Å²) in [6.07, 6.45) is 1.78. The molecule has 1 heterocycles. The summed E-state index contributed by atoms with van der Waals surface area (Å²) in [5.41, 5.74) is 2.88. The molecule has 0 bridgehead atoms. The Bertz CT molecular complexity index is 778. The Morgan fingerprint density at radius 2 is 1.74 bits per heavy atom. The van der Waals surface area contributed by atoms with Crippen LogP contribution in [0.1, 0.15) is 42.3 Å². The van der Waals surface area contributed by atoms with Crippen molar-refractivity contribution in [1.29, 1.82) is 0 Å². The van der Waals surface area contributed by atoms with E-state index < -0.39 is 0 Å². The molecule has 3 heteroatoms. The molecule has 3 nitrogen and oxygen atoms in total. The molecule has 0 spiro atoms. The van der Waals surface area contributed by atoms with Crippen LogP contribution in [0.3, 0.4) is 0 Å².